The number of anilines is 1. The van der Waals surface area contributed by atoms with E-state index in [0.717, 1.165) is 12.8 Å². The number of aromatic nitrogens is 5. The van der Waals surface area contributed by atoms with Gasteiger partial charge in [-0.2, -0.15) is 5.10 Å². The third kappa shape index (κ3) is 4.73. The van der Waals surface area contributed by atoms with Crippen LogP contribution in [0.1, 0.15) is 31.2 Å². The van der Waals surface area contributed by atoms with Crippen LogP contribution in [0.4, 0.5) is 19.3 Å². The highest BCUT2D eigenvalue weighted by Gasteiger charge is 2.41. The Hall–Kier alpha value is -3.50. The molecule has 0 spiro atoms. The van der Waals surface area contributed by atoms with E-state index in [0.29, 0.717) is 59.8 Å². The molecule has 0 atom stereocenters. The van der Waals surface area contributed by atoms with Crippen LogP contribution in [0.25, 0.3) is 27.3 Å². The predicted molar refractivity (Wildman–Crippen MR) is 145 cm³/mol. The molecule has 40 heavy (non-hydrogen) atoms. The van der Waals surface area contributed by atoms with E-state index in [1.54, 1.807) is 41.8 Å². The molecule has 4 aromatic rings. The molecule has 0 bridgehead atoms. The number of nitrogens with zero attached hydrogens (tertiary/aromatic N) is 8. The Morgan fingerprint density at radius 2 is 1.88 bits per heavy atom. The minimum Gasteiger partial charge on any atom is -0.366 e. The van der Waals surface area contributed by atoms with Crippen molar-refractivity contribution in [3.05, 3.63) is 29.4 Å². The molecule has 1 N–H and O–H groups in total. The summed E-state index contributed by atoms with van der Waals surface area (Å²) < 4.78 is 58.3. The lowest BCUT2D eigenvalue weighted by Crippen LogP contribution is -2.51. The van der Waals surface area contributed by atoms with Gasteiger partial charge in [-0.25, -0.2) is 36.2 Å². The summed E-state index contributed by atoms with van der Waals surface area (Å²) in [5, 5.41) is 12.1. The van der Waals surface area contributed by atoms with Gasteiger partial charge in [0.2, 0.25) is 10.0 Å². The third-order valence-corrected chi connectivity index (χ3v) is 9.73. The molecular weight excluding hydrogens is 564 g/mol. The SMILES string of the molecule is CN(C)C(=O)N1CCN(c2cc(S(=O)(=O)NC3(C)CC3)cc3c(-c4nnc(C(F)F)s4)nc4ccnn4c23)CC1. The first-order valence-corrected chi connectivity index (χ1v) is 14.9. The maximum Gasteiger partial charge on any atom is 0.319 e. The molecule has 1 aliphatic carbocycles. The summed E-state index contributed by atoms with van der Waals surface area (Å²) in [4.78, 5) is 22.4. The number of halogens is 2. The lowest BCUT2D eigenvalue weighted by atomic mass is 10.1. The molecule has 16 heteroatoms. The summed E-state index contributed by atoms with van der Waals surface area (Å²) in [6.07, 6.45) is 0.230. The number of carbonyl (C=O) groups excluding carboxylic acids is 1. The summed E-state index contributed by atoms with van der Waals surface area (Å²) in [6, 6.07) is 4.67. The van der Waals surface area contributed by atoms with Gasteiger partial charge in [0.1, 0.15) is 5.69 Å². The molecule has 1 aliphatic heterocycles. The van der Waals surface area contributed by atoms with Gasteiger partial charge < -0.3 is 14.7 Å². The first-order chi connectivity index (χ1) is 19.0. The molecule has 0 unspecified atom stereocenters. The number of piperazine rings is 1. The summed E-state index contributed by atoms with van der Waals surface area (Å²) in [5.74, 6) is 0. The Bertz CT molecular complexity index is 1730. The quantitative estimate of drug-likeness (QED) is 0.363. The number of hydrogen-bond acceptors (Lipinski definition) is 9. The Morgan fingerprint density at radius 3 is 2.50 bits per heavy atom. The number of alkyl halides is 2. The van der Waals surface area contributed by atoms with Crippen LogP contribution in [0.15, 0.2) is 29.3 Å². The molecule has 6 rings (SSSR count). The first kappa shape index (κ1) is 26.7. The van der Waals surface area contributed by atoms with Gasteiger partial charge in [0.15, 0.2) is 15.7 Å². The maximum atomic E-state index is 13.6. The van der Waals surface area contributed by atoms with Gasteiger partial charge in [-0.3, -0.25) is 0 Å². The van der Waals surface area contributed by atoms with Gasteiger partial charge >= 0.3 is 6.03 Å². The molecule has 3 aromatic heterocycles. The summed E-state index contributed by atoms with van der Waals surface area (Å²) >= 11 is 0.709. The lowest BCUT2D eigenvalue weighted by molar-refractivity contribution is 0.150. The monoisotopic (exact) mass is 591 g/mol. The Balaban J connectivity index is 1.55. The maximum absolute atomic E-state index is 13.6. The molecular formula is C24H27F2N9O3S2. The average molecular weight is 592 g/mol. The van der Waals surface area contributed by atoms with Crippen LogP contribution in [0.3, 0.4) is 0 Å². The van der Waals surface area contributed by atoms with Crippen molar-refractivity contribution < 1.29 is 22.0 Å². The van der Waals surface area contributed by atoms with Crippen LogP contribution in [0, 0.1) is 0 Å². The molecule has 212 valence electrons. The van der Waals surface area contributed by atoms with E-state index < -0.39 is 27.0 Å². The zero-order valence-corrected chi connectivity index (χ0v) is 23.6. The van der Waals surface area contributed by atoms with Crippen LogP contribution in [0.5, 0.6) is 0 Å². The smallest absolute Gasteiger partial charge is 0.319 e. The zero-order chi connectivity index (χ0) is 28.4. The minimum atomic E-state index is -3.95. The van der Waals surface area contributed by atoms with Gasteiger partial charge in [0.25, 0.3) is 6.43 Å². The lowest BCUT2D eigenvalue weighted by Gasteiger charge is -2.37. The molecule has 2 aliphatic rings. The van der Waals surface area contributed by atoms with Crippen LogP contribution in [-0.4, -0.2) is 94.9 Å². The van der Waals surface area contributed by atoms with Crippen molar-refractivity contribution in [2.75, 3.05) is 45.2 Å². The molecule has 1 saturated heterocycles. The van der Waals surface area contributed by atoms with Gasteiger partial charge in [0.05, 0.1) is 22.3 Å². The van der Waals surface area contributed by atoms with E-state index in [4.69, 9.17) is 0 Å². The van der Waals surface area contributed by atoms with Crippen LogP contribution in [-0.2, 0) is 10.0 Å². The first-order valence-electron chi connectivity index (χ1n) is 12.6. The number of nitrogens with one attached hydrogen (secondary N) is 1. The summed E-state index contributed by atoms with van der Waals surface area (Å²) in [6.45, 7) is 3.59. The number of sulfonamides is 1. The summed E-state index contributed by atoms with van der Waals surface area (Å²) in [5.41, 5.74) is 1.31. The fourth-order valence-corrected chi connectivity index (χ4v) is 7.01. The van der Waals surface area contributed by atoms with E-state index in [1.807, 2.05) is 11.8 Å². The van der Waals surface area contributed by atoms with E-state index in [9.17, 15) is 22.0 Å². The zero-order valence-electron chi connectivity index (χ0n) is 22.0. The van der Waals surface area contributed by atoms with Gasteiger partial charge in [-0.15, -0.1) is 10.2 Å². The predicted octanol–water partition coefficient (Wildman–Crippen LogP) is 2.97. The van der Waals surface area contributed by atoms with Crippen molar-refractivity contribution in [1.82, 2.24) is 39.3 Å². The third-order valence-electron chi connectivity index (χ3n) is 7.17. The van der Waals surface area contributed by atoms with Crippen molar-refractivity contribution in [3.8, 4) is 10.7 Å². The second-order valence-corrected chi connectivity index (χ2v) is 13.2. The van der Waals surface area contributed by atoms with E-state index >= 15 is 0 Å². The Kier molecular flexibility index (Phi) is 6.38. The molecule has 1 aromatic carbocycles. The molecule has 12 nitrogen and oxygen atoms in total. The van der Waals surface area contributed by atoms with Crippen molar-refractivity contribution in [1.29, 1.82) is 0 Å². The molecule has 4 heterocycles. The van der Waals surface area contributed by atoms with Crippen LogP contribution in [0.2, 0.25) is 0 Å². The van der Waals surface area contributed by atoms with Gasteiger partial charge in [0, 0.05) is 57.3 Å². The fourth-order valence-electron chi connectivity index (χ4n) is 4.80. The number of rotatable bonds is 6. The minimum absolute atomic E-state index is 0.0167. The molecule has 2 amide bonds. The molecule has 2 fully saturated rings. The second-order valence-electron chi connectivity index (χ2n) is 10.5. The van der Waals surface area contributed by atoms with Gasteiger partial charge in [-0.1, -0.05) is 11.3 Å². The Labute approximate surface area is 232 Å². The van der Waals surface area contributed by atoms with Gasteiger partial charge in [-0.05, 0) is 31.9 Å². The summed E-state index contributed by atoms with van der Waals surface area (Å²) in [7, 11) is -0.560. The largest absolute Gasteiger partial charge is 0.366 e. The van der Waals surface area contributed by atoms with E-state index in [2.05, 4.69) is 25.0 Å². The number of carbonyl (C=O) groups is 1. The standard InChI is InChI=1S/C24H27F2N9O3S2/c1-24(5-6-24)31-40(37,38)14-12-15-18(21-29-30-22(39-21)20(25)26)28-17-4-7-27-35(17)19(15)16(13-14)33-8-10-34(11-9-33)23(36)32(2)3/h4,7,12-13,20,31H,5-6,8-11H2,1-3H3. The Morgan fingerprint density at radius 1 is 1.15 bits per heavy atom. The topological polar surface area (TPSA) is 129 Å². The number of fused-ring (bicyclic) bond motifs is 3. The van der Waals surface area contributed by atoms with E-state index in [1.165, 1.54) is 11.0 Å². The van der Waals surface area contributed by atoms with E-state index in [-0.39, 0.29) is 21.6 Å². The molecule has 0 radical (unpaired) electrons. The number of hydrogen-bond donors (Lipinski definition) is 1. The van der Waals surface area contributed by atoms with Crippen LogP contribution < -0.4 is 9.62 Å². The van der Waals surface area contributed by atoms with Crippen molar-refractivity contribution in [2.45, 2.75) is 36.6 Å². The second kappa shape index (κ2) is 9.55. The highest BCUT2D eigenvalue weighted by atomic mass is 32.2. The van der Waals surface area contributed by atoms with Crippen molar-refractivity contribution >= 4 is 49.6 Å². The molecule has 1 saturated carbocycles. The highest BCUT2D eigenvalue weighted by Crippen LogP contribution is 2.40. The number of urea groups is 1. The average Bonchev–Trinajstić information content (AvgIpc) is 3.29. The fraction of sp³-hybridized carbons (Fsp3) is 0.458. The van der Waals surface area contributed by atoms with Crippen LogP contribution >= 0.6 is 11.3 Å². The number of amides is 2. The highest BCUT2D eigenvalue weighted by molar-refractivity contribution is 7.89. The van der Waals surface area contributed by atoms with Crippen molar-refractivity contribution in [3.63, 3.8) is 0 Å². The number of benzene rings is 1. The van der Waals surface area contributed by atoms with Crippen molar-refractivity contribution in [2.24, 2.45) is 0 Å². The normalized spacial score (nSPS) is 17.2.